The number of benzene rings is 3. The standard InChI is InChI=1S/C42H62O3/c1-37(2,3)27-21-29(35(44)32(24-27)40(10,11)12)30-22-28(38(4,5)6)25-33(36(30)45)42(15,16)20-19-41(13,14)26-17-18-34(43)31(23-26)39(7,8)9/h17-18,21-25,43-45H,19-20H2,1-16H3. The molecule has 3 aromatic rings. The zero-order valence-electron chi connectivity index (χ0n) is 31.3. The molecule has 0 atom stereocenters. The van der Waals surface area contributed by atoms with Gasteiger partial charge < -0.3 is 15.3 Å². The van der Waals surface area contributed by atoms with Crippen molar-refractivity contribution in [1.82, 2.24) is 0 Å². The number of hydrogen-bond donors (Lipinski definition) is 3. The van der Waals surface area contributed by atoms with Gasteiger partial charge in [-0.25, -0.2) is 0 Å². The first-order chi connectivity index (χ1) is 20.1. The number of rotatable bonds is 6. The van der Waals surface area contributed by atoms with Gasteiger partial charge in [0.15, 0.2) is 0 Å². The van der Waals surface area contributed by atoms with E-state index in [-0.39, 0.29) is 44.0 Å². The Balaban J connectivity index is 2.20. The second-order valence-corrected chi connectivity index (χ2v) is 18.8. The largest absolute Gasteiger partial charge is 0.508 e. The second kappa shape index (κ2) is 11.7. The summed E-state index contributed by atoms with van der Waals surface area (Å²) >= 11 is 0. The van der Waals surface area contributed by atoms with Crippen LogP contribution in [0.3, 0.4) is 0 Å². The molecule has 3 nitrogen and oxygen atoms in total. The molecule has 3 N–H and O–H groups in total. The van der Waals surface area contributed by atoms with Crippen LogP contribution in [0.25, 0.3) is 11.1 Å². The summed E-state index contributed by atoms with van der Waals surface area (Å²) in [5, 5.41) is 34.5. The summed E-state index contributed by atoms with van der Waals surface area (Å²) in [6.07, 6.45) is 1.73. The van der Waals surface area contributed by atoms with Crippen LogP contribution < -0.4 is 0 Å². The molecule has 0 aromatic heterocycles. The molecule has 0 aliphatic heterocycles. The van der Waals surface area contributed by atoms with Gasteiger partial charge >= 0.3 is 0 Å². The van der Waals surface area contributed by atoms with Gasteiger partial charge in [-0.3, -0.25) is 0 Å². The summed E-state index contributed by atoms with van der Waals surface area (Å²) < 4.78 is 0. The molecule has 0 saturated carbocycles. The summed E-state index contributed by atoms with van der Waals surface area (Å²) in [7, 11) is 0. The molecule has 0 aliphatic carbocycles. The van der Waals surface area contributed by atoms with Crippen LogP contribution >= 0.6 is 0 Å². The predicted octanol–water partition coefficient (Wildman–Crippen LogP) is 11.7. The fraction of sp³-hybridized carbons (Fsp3) is 0.571. The monoisotopic (exact) mass is 614 g/mol. The molecule has 0 fully saturated rings. The molecule has 0 saturated heterocycles. The Morgan fingerprint density at radius 3 is 1.20 bits per heavy atom. The molecular formula is C42H62O3. The number of hydrogen-bond acceptors (Lipinski definition) is 3. The summed E-state index contributed by atoms with van der Waals surface area (Å²) in [5.41, 5.74) is 6.36. The zero-order valence-corrected chi connectivity index (χ0v) is 31.3. The molecule has 0 radical (unpaired) electrons. The van der Waals surface area contributed by atoms with Gasteiger partial charge in [0.1, 0.15) is 17.2 Å². The Bertz CT molecular complexity index is 1540. The third-order valence-corrected chi connectivity index (χ3v) is 9.74. The summed E-state index contributed by atoms with van der Waals surface area (Å²) in [4.78, 5) is 0. The van der Waals surface area contributed by atoms with E-state index in [0.29, 0.717) is 16.9 Å². The van der Waals surface area contributed by atoms with Gasteiger partial charge in [0.05, 0.1) is 0 Å². The first kappa shape index (κ1) is 36.5. The normalized spacial score (nSPS) is 13.8. The van der Waals surface area contributed by atoms with Crippen LogP contribution in [0, 0.1) is 0 Å². The van der Waals surface area contributed by atoms with E-state index in [1.54, 1.807) is 0 Å². The first-order valence-corrected chi connectivity index (χ1v) is 16.7. The Kier molecular flexibility index (Phi) is 9.49. The van der Waals surface area contributed by atoms with E-state index in [1.165, 1.54) is 5.56 Å². The molecule has 0 amide bonds. The van der Waals surface area contributed by atoms with Gasteiger partial charge in [-0.1, -0.05) is 135 Å². The Labute approximate surface area is 275 Å². The molecule has 0 unspecified atom stereocenters. The van der Waals surface area contributed by atoms with Gasteiger partial charge in [0.25, 0.3) is 0 Å². The number of aromatic hydroxyl groups is 3. The lowest BCUT2D eigenvalue weighted by Gasteiger charge is -2.35. The summed E-state index contributed by atoms with van der Waals surface area (Å²) in [6, 6.07) is 14.5. The van der Waals surface area contributed by atoms with Crippen molar-refractivity contribution < 1.29 is 15.3 Å². The van der Waals surface area contributed by atoms with Crippen molar-refractivity contribution in [2.75, 3.05) is 0 Å². The van der Waals surface area contributed by atoms with Crippen molar-refractivity contribution in [2.24, 2.45) is 0 Å². The Morgan fingerprint density at radius 2 is 0.778 bits per heavy atom. The molecule has 0 aliphatic rings. The van der Waals surface area contributed by atoms with Crippen LogP contribution in [0.1, 0.15) is 157 Å². The highest BCUT2D eigenvalue weighted by Gasteiger charge is 2.34. The lowest BCUT2D eigenvalue weighted by atomic mass is 9.70. The fourth-order valence-electron chi connectivity index (χ4n) is 6.09. The topological polar surface area (TPSA) is 60.7 Å². The smallest absolute Gasteiger partial charge is 0.127 e. The quantitative estimate of drug-likeness (QED) is 0.259. The van der Waals surface area contributed by atoms with Gasteiger partial charge in [-0.15, -0.1) is 0 Å². The molecule has 248 valence electrons. The van der Waals surface area contributed by atoms with E-state index in [9.17, 15) is 15.3 Å². The van der Waals surface area contributed by atoms with Gasteiger partial charge in [-0.05, 0) is 85.8 Å². The van der Waals surface area contributed by atoms with E-state index in [0.717, 1.165) is 40.7 Å². The zero-order chi connectivity index (χ0) is 34.7. The maximum Gasteiger partial charge on any atom is 0.127 e. The molecule has 45 heavy (non-hydrogen) atoms. The lowest BCUT2D eigenvalue weighted by molar-refractivity contribution is 0.359. The Morgan fingerprint density at radius 1 is 0.400 bits per heavy atom. The third kappa shape index (κ3) is 7.90. The van der Waals surface area contributed by atoms with Crippen molar-refractivity contribution in [3.8, 4) is 28.4 Å². The fourth-order valence-corrected chi connectivity index (χ4v) is 6.09. The van der Waals surface area contributed by atoms with E-state index in [1.807, 2.05) is 12.1 Å². The van der Waals surface area contributed by atoms with E-state index in [4.69, 9.17) is 0 Å². The third-order valence-electron chi connectivity index (χ3n) is 9.74. The SMILES string of the molecule is CC(C)(C)c1cc(-c2cc(C(C)(C)C)cc(C(C)(C)CCC(C)(C)c3ccc(O)c(C(C)(C)C)c3)c2O)c(O)c(C(C)(C)C)c1. The van der Waals surface area contributed by atoms with Crippen LogP contribution in [0.5, 0.6) is 17.2 Å². The van der Waals surface area contributed by atoms with Crippen molar-refractivity contribution in [3.63, 3.8) is 0 Å². The number of phenols is 3. The van der Waals surface area contributed by atoms with Crippen molar-refractivity contribution in [1.29, 1.82) is 0 Å². The van der Waals surface area contributed by atoms with Crippen LogP contribution in [0.15, 0.2) is 42.5 Å². The first-order valence-electron chi connectivity index (χ1n) is 16.7. The molecule has 0 spiro atoms. The summed E-state index contributed by atoms with van der Waals surface area (Å²) in [6.45, 7) is 34.9. The maximum atomic E-state index is 12.1. The Hall–Kier alpha value is -2.94. The van der Waals surface area contributed by atoms with Gasteiger partial charge in [0, 0.05) is 22.3 Å². The van der Waals surface area contributed by atoms with E-state index < -0.39 is 0 Å². The number of phenolic OH excluding ortho intramolecular Hbond substituents is 3. The van der Waals surface area contributed by atoms with Crippen LogP contribution in [0.2, 0.25) is 0 Å². The minimum atomic E-state index is -0.356. The molecule has 3 rings (SSSR count). The molecular weight excluding hydrogens is 552 g/mol. The maximum absolute atomic E-state index is 12.1. The van der Waals surface area contributed by atoms with E-state index in [2.05, 4.69) is 141 Å². The van der Waals surface area contributed by atoms with Crippen LogP contribution in [-0.4, -0.2) is 15.3 Å². The highest BCUT2D eigenvalue weighted by atomic mass is 16.3. The molecule has 3 heteroatoms. The van der Waals surface area contributed by atoms with Crippen LogP contribution in [-0.2, 0) is 32.5 Å². The minimum absolute atomic E-state index is 0.130. The second-order valence-electron chi connectivity index (χ2n) is 18.8. The predicted molar refractivity (Wildman–Crippen MR) is 193 cm³/mol. The highest BCUT2D eigenvalue weighted by molar-refractivity contribution is 5.80. The minimum Gasteiger partial charge on any atom is -0.508 e. The van der Waals surface area contributed by atoms with Gasteiger partial charge in [-0.2, -0.15) is 0 Å². The molecule has 0 bridgehead atoms. The highest BCUT2D eigenvalue weighted by Crippen LogP contribution is 2.49. The van der Waals surface area contributed by atoms with Crippen molar-refractivity contribution in [3.05, 3.63) is 75.8 Å². The molecule has 0 heterocycles. The van der Waals surface area contributed by atoms with Crippen molar-refractivity contribution in [2.45, 2.75) is 156 Å². The lowest BCUT2D eigenvalue weighted by Crippen LogP contribution is -2.26. The average Bonchev–Trinajstić information content (AvgIpc) is 2.85. The van der Waals surface area contributed by atoms with Crippen molar-refractivity contribution >= 4 is 0 Å². The summed E-state index contributed by atoms with van der Waals surface area (Å²) in [5.74, 6) is 0.822. The van der Waals surface area contributed by atoms with Gasteiger partial charge in [0.2, 0.25) is 0 Å². The molecule has 3 aromatic carbocycles. The average molecular weight is 615 g/mol. The van der Waals surface area contributed by atoms with E-state index >= 15 is 0 Å². The van der Waals surface area contributed by atoms with Crippen LogP contribution in [0.4, 0.5) is 0 Å².